The minimum Gasteiger partial charge on any atom is -0.449 e. The molecule has 4 heterocycles. The molecule has 0 bridgehead atoms. The van der Waals surface area contributed by atoms with Gasteiger partial charge in [-0.25, -0.2) is 34.5 Å². The maximum absolute atomic E-state index is 12.9. The van der Waals surface area contributed by atoms with Gasteiger partial charge < -0.3 is 34.9 Å². The van der Waals surface area contributed by atoms with Crippen LogP contribution in [0.5, 0.6) is 0 Å². The second-order valence-electron chi connectivity index (χ2n) is 6.59. The second kappa shape index (κ2) is 10.1. The van der Waals surface area contributed by atoms with Gasteiger partial charge in [0.05, 0.1) is 25.1 Å². The second-order valence-corrected chi connectivity index (χ2v) is 6.59. The lowest BCUT2D eigenvalue weighted by Crippen LogP contribution is -2.37. The highest BCUT2D eigenvalue weighted by Gasteiger charge is 2.30. The van der Waals surface area contributed by atoms with Crippen molar-refractivity contribution in [3.8, 4) is 11.4 Å². The molecule has 1 saturated heterocycles. The monoisotopic (exact) mass is 486 g/mol. The van der Waals surface area contributed by atoms with Crippen LogP contribution in [-0.2, 0) is 16.0 Å². The van der Waals surface area contributed by atoms with Crippen LogP contribution in [0.25, 0.3) is 22.6 Å². The largest absolute Gasteiger partial charge is 0.516 e. The van der Waals surface area contributed by atoms with E-state index < -0.39 is 25.0 Å². The molecule has 1 aliphatic rings. The van der Waals surface area contributed by atoms with Crippen LogP contribution in [0.1, 0.15) is 0 Å². The van der Waals surface area contributed by atoms with Gasteiger partial charge in [-0.2, -0.15) is 13.2 Å². The van der Waals surface area contributed by atoms with E-state index in [-0.39, 0.29) is 17.4 Å². The van der Waals surface area contributed by atoms with Crippen molar-refractivity contribution in [3.05, 3.63) is 18.7 Å². The SMILES string of the molecule is Nc1ncc(-c2nc(N3CCOCC3)c3ncn(CC(F)(F)F)c3n2)cn1.O=C(O)OC(=O)O. The number of rotatable bonds is 3. The Bertz CT molecular complexity index is 1150. The van der Waals surface area contributed by atoms with Crippen molar-refractivity contribution >= 4 is 35.2 Å². The molecule has 0 amide bonds. The zero-order valence-electron chi connectivity index (χ0n) is 17.1. The number of halogens is 3. The Morgan fingerprint density at radius 3 is 2.24 bits per heavy atom. The van der Waals surface area contributed by atoms with E-state index in [1.54, 1.807) is 0 Å². The number of hydrogen-bond acceptors (Lipinski definition) is 11. The molecule has 0 aromatic carbocycles. The zero-order chi connectivity index (χ0) is 24.9. The number of alkyl halides is 3. The van der Waals surface area contributed by atoms with Crippen molar-refractivity contribution in [2.24, 2.45) is 0 Å². The molecule has 3 aromatic rings. The lowest BCUT2D eigenvalue weighted by atomic mass is 10.3. The fourth-order valence-electron chi connectivity index (χ4n) is 2.89. The Labute approximate surface area is 187 Å². The normalized spacial score (nSPS) is 13.8. The van der Waals surface area contributed by atoms with Crippen LogP contribution < -0.4 is 10.6 Å². The fraction of sp³-hybridized carbons (Fsp3) is 0.353. The number of imidazole rings is 1. The maximum Gasteiger partial charge on any atom is 0.516 e. The maximum atomic E-state index is 12.9. The topological polar surface area (TPSA) is 192 Å². The number of nitrogens with two attached hydrogens (primary N) is 1. The molecule has 17 heteroatoms. The average Bonchev–Trinajstić information content (AvgIpc) is 3.15. The van der Waals surface area contributed by atoms with Gasteiger partial charge in [0.1, 0.15) is 6.54 Å². The van der Waals surface area contributed by atoms with E-state index in [4.69, 9.17) is 20.7 Å². The predicted molar refractivity (Wildman–Crippen MR) is 107 cm³/mol. The molecule has 182 valence electrons. The quantitative estimate of drug-likeness (QED) is 0.358. The Morgan fingerprint density at radius 1 is 1.09 bits per heavy atom. The van der Waals surface area contributed by atoms with E-state index in [1.165, 1.54) is 12.4 Å². The van der Waals surface area contributed by atoms with Crippen LogP contribution in [0, 0.1) is 0 Å². The first-order chi connectivity index (χ1) is 16.0. The third-order valence-corrected chi connectivity index (χ3v) is 4.21. The summed E-state index contributed by atoms with van der Waals surface area (Å²) >= 11 is 0. The van der Waals surface area contributed by atoms with Crippen molar-refractivity contribution in [3.63, 3.8) is 0 Å². The summed E-state index contributed by atoms with van der Waals surface area (Å²) in [6.07, 6.45) is -4.05. The molecule has 0 aliphatic carbocycles. The fourth-order valence-corrected chi connectivity index (χ4v) is 2.89. The number of nitrogens with zero attached hydrogens (tertiary/aromatic N) is 7. The number of hydrogen-bond donors (Lipinski definition) is 3. The van der Waals surface area contributed by atoms with E-state index in [0.717, 1.165) is 10.9 Å². The molecule has 4 rings (SSSR count). The number of fused-ring (bicyclic) bond motifs is 1. The minimum absolute atomic E-state index is 0.0790. The molecule has 1 fully saturated rings. The Kier molecular flexibility index (Phi) is 7.24. The molecule has 0 unspecified atom stereocenters. The van der Waals surface area contributed by atoms with E-state index in [9.17, 15) is 22.8 Å². The van der Waals surface area contributed by atoms with Gasteiger partial charge in [-0.3, -0.25) is 0 Å². The highest BCUT2D eigenvalue weighted by Crippen LogP contribution is 2.28. The number of ether oxygens (including phenoxy) is 2. The first-order valence-electron chi connectivity index (χ1n) is 9.37. The molecular formula is C17H17F3N8O6. The van der Waals surface area contributed by atoms with Crippen LogP contribution in [0.4, 0.5) is 34.5 Å². The van der Waals surface area contributed by atoms with Gasteiger partial charge in [-0.1, -0.05) is 0 Å². The molecule has 34 heavy (non-hydrogen) atoms. The van der Waals surface area contributed by atoms with Gasteiger partial charge in [0.15, 0.2) is 22.8 Å². The van der Waals surface area contributed by atoms with E-state index in [2.05, 4.69) is 29.7 Å². The van der Waals surface area contributed by atoms with Gasteiger partial charge in [-0.15, -0.1) is 0 Å². The summed E-state index contributed by atoms with van der Waals surface area (Å²) in [4.78, 5) is 41.1. The van der Waals surface area contributed by atoms with Gasteiger partial charge >= 0.3 is 18.5 Å². The predicted octanol–water partition coefficient (Wildman–Crippen LogP) is 1.62. The molecule has 4 N–H and O–H groups in total. The van der Waals surface area contributed by atoms with Crippen molar-refractivity contribution < 1.29 is 42.4 Å². The summed E-state index contributed by atoms with van der Waals surface area (Å²) in [5, 5.41) is 15.0. The Morgan fingerprint density at radius 2 is 1.71 bits per heavy atom. The van der Waals surface area contributed by atoms with Crippen molar-refractivity contribution in [2.45, 2.75) is 12.7 Å². The number of nitrogen functional groups attached to an aromatic ring is 1. The molecule has 0 atom stereocenters. The smallest absolute Gasteiger partial charge is 0.449 e. The van der Waals surface area contributed by atoms with E-state index in [1.807, 2.05) is 4.90 Å². The number of carbonyl (C=O) groups is 2. The molecule has 0 spiro atoms. The van der Waals surface area contributed by atoms with Crippen LogP contribution >= 0.6 is 0 Å². The van der Waals surface area contributed by atoms with E-state index in [0.29, 0.717) is 43.2 Å². The van der Waals surface area contributed by atoms with Gasteiger partial charge in [0.25, 0.3) is 0 Å². The summed E-state index contributed by atoms with van der Waals surface area (Å²) in [5.74, 6) is 0.735. The molecule has 14 nitrogen and oxygen atoms in total. The molecular weight excluding hydrogens is 469 g/mol. The Hall–Kier alpha value is -4.28. The van der Waals surface area contributed by atoms with Gasteiger partial charge in [-0.05, 0) is 0 Å². The highest BCUT2D eigenvalue weighted by molar-refractivity contribution is 5.85. The Balaban J connectivity index is 0.000000406. The number of carboxylic acid groups (broad SMARTS) is 2. The van der Waals surface area contributed by atoms with E-state index >= 15 is 0 Å². The van der Waals surface area contributed by atoms with Crippen LogP contribution in [0.3, 0.4) is 0 Å². The molecule has 1 aliphatic heterocycles. The third-order valence-electron chi connectivity index (χ3n) is 4.21. The zero-order valence-corrected chi connectivity index (χ0v) is 17.1. The standard InChI is InChI=1S/C15H15F3N8O.C2H2O5/c16-15(17,18)7-26-8-22-10-12(25-1-3-27-4-2-25)23-11(24-13(10)26)9-5-20-14(19)21-6-9;3-1(4)7-2(5)6/h5-6,8H,1-4,7H2,(H2,19,20,21);(H,3,4)(H,5,6). The van der Waals surface area contributed by atoms with Crippen LogP contribution in [-0.4, -0.2) is 84.5 Å². The summed E-state index contributed by atoms with van der Waals surface area (Å²) < 4.78 is 48.1. The molecule has 3 aromatic heterocycles. The third kappa shape index (κ3) is 6.37. The molecule has 0 radical (unpaired) electrons. The first-order valence-corrected chi connectivity index (χ1v) is 9.37. The van der Waals surface area contributed by atoms with Crippen LogP contribution in [0.2, 0.25) is 0 Å². The van der Waals surface area contributed by atoms with Crippen LogP contribution in [0.15, 0.2) is 18.7 Å². The lowest BCUT2D eigenvalue weighted by molar-refractivity contribution is -0.140. The van der Waals surface area contributed by atoms with Gasteiger partial charge in [0, 0.05) is 25.5 Å². The number of aromatic nitrogens is 6. The van der Waals surface area contributed by atoms with Crippen molar-refractivity contribution in [1.82, 2.24) is 29.5 Å². The van der Waals surface area contributed by atoms with Gasteiger partial charge in [0.2, 0.25) is 5.95 Å². The summed E-state index contributed by atoms with van der Waals surface area (Å²) in [5.41, 5.74) is 6.34. The summed E-state index contributed by atoms with van der Waals surface area (Å²) in [6.45, 7) is 0.900. The number of anilines is 2. The lowest BCUT2D eigenvalue weighted by Gasteiger charge is -2.28. The van der Waals surface area contributed by atoms with Crippen molar-refractivity contribution in [2.75, 3.05) is 36.9 Å². The minimum atomic E-state index is -4.40. The first kappa shape index (κ1) is 24.4. The summed E-state index contributed by atoms with van der Waals surface area (Å²) in [7, 11) is 0. The average molecular weight is 486 g/mol. The summed E-state index contributed by atoms with van der Waals surface area (Å²) in [6, 6.07) is 0. The molecule has 0 saturated carbocycles. The van der Waals surface area contributed by atoms with Crippen molar-refractivity contribution in [1.29, 1.82) is 0 Å². The highest BCUT2D eigenvalue weighted by atomic mass is 19.4. The number of morpholine rings is 1.